The van der Waals surface area contributed by atoms with Gasteiger partial charge in [0.05, 0.1) is 30.8 Å². The second-order valence-electron chi connectivity index (χ2n) is 19.4. The third kappa shape index (κ3) is 10.7. The maximum absolute atomic E-state index is 13.1. The van der Waals surface area contributed by atoms with E-state index in [1.165, 1.54) is 0 Å². The van der Waals surface area contributed by atoms with Gasteiger partial charge in [-0.15, -0.1) is 5.70 Å². The number of carboxylic acid groups (broad SMARTS) is 7. The predicted octanol–water partition coefficient (Wildman–Crippen LogP) is 6.89. The Bertz CT molecular complexity index is 2320. The van der Waals surface area contributed by atoms with E-state index in [1.807, 2.05) is 13.8 Å². The Hall–Kier alpha value is -6.19. The first kappa shape index (κ1) is 57.9. The first-order valence-electron chi connectivity index (χ1n) is 21.7. The molecule has 0 unspecified atom stereocenters. The van der Waals surface area contributed by atoms with Crippen LogP contribution in [-0.2, 0) is 50.3 Å². The molecule has 10 atom stereocenters. The van der Waals surface area contributed by atoms with Crippen molar-refractivity contribution < 1.29 is 86.1 Å². The molecule has 0 saturated carbocycles. The van der Waals surface area contributed by atoms with Crippen molar-refractivity contribution in [2.45, 2.75) is 138 Å². The van der Waals surface area contributed by atoms with Crippen LogP contribution in [0.2, 0.25) is 0 Å². The molecule has 68 heavy (non-hydrogen) atoms. The van der Waals surface area contributed by atoms with Crippen molar-refractivity contribution in [1.29, 1.82) is 10.5 Å². The van der Waals surface area contributed by atoms with Gasteiger partial charge < -0.3 is 64.7 Å². The third-order valence-corrected chi connectivity index (χ3v) is 15.2. The fraction of sp³-hybridized carbons (Fsp3) is 0.617. The summed E-state index contributed by atoms with van der Waals surface area (Å²) in [6.07, 6.45) is -1.65. The number of hydrogen-bond acceptors (Lipinski definition) is 12. The number of carbonyl (C=O) groups is 7. The van der Waals surface area contributed by atoms with E-state index in [2.05, 4.69) is 0 Å². The summed E-state index contributed by atoms with van der Waals surface area (Å²) in [5.74, 6) is -11.7. The van der Waals surface area contributed by atoms with Crippen molar-refractivity contribution in [2.24, 2.45) is 60.3 Å². The second kappa shape index (κ2) is 21.8. The number of aliphatic imine (C=N–C) groups is 3. The van der Waals surface area contributed by atoms with Gasteiger partial charge >= 0.3 is 58.6 Å². The molecular formula is C47H59CoN6O14. The molecule has 0 aromatic rings. The number of carboxylic acids is 7. The largest absolute Gasteiger partial charge is 3.00 e. The molecule has 0 aromatic carbocycles. The topological polar surface area (TPSA) is 360 Å². The first-order chi connectivity index (χ1) is 31.0. The average molecular weight is 997 g/mol. The minimum absolute atomic E-state index is 0. The van der Waals surface area contributed by atoms with Gasteiger partial charge in [-0.1, -0.05) is 40.7 Å². The third-order valence-electron chi connectivity index (χ3n) is 15.2. The zero-order valence-corrected chi connectivity index (χ0v) is 40.3. The summed E-state index contributed by atoms with van der Waals surface area (Å²) in [6.45, 7) is 23.3. The van der Waals surface area contributed by atoms with Crippen LogP contribution < -0.4 is 0 Å². The minimum Gasteiger partial charge on any atom is -0.664 e. The fourth-order valence-corrected chi connectivity index (χ4v) is 11.6. The van der Waals surface area contributed by atoms with Crippen LogP contribution in [0.15, 0.2) is 49.3 Å². The van der Waals surface area contributed by atoms with E-state index >= 15 is 0 Å². The van der Waals surface area contributed by atoms with Crippen LogP contribution in [0.25, 0.3) is 5.32 Å². The zero-order valence-electron chi connectivity index (χ0n) is 39.2. The number of aliphatic carboxylic acids is 7. The summed E-state index contributed by atoms with van der Waals surface area (Å²) in [7, 11) is 0. The minimum atomic E-state index is -1.64. The van der Waals surface area contributed by atoms with Gasteiger partial charge in [-0.2, -0.15) is 5.70 Å². The van der Waals surface area contributed by atoms with Gasteiger partial charge in [-0.05, 0) is 68.9 Å². The van der Waals surface area contributed by atoms with Crippen LogP contribution in [0.4, 0.5) is 0 Å². The molecule has 8 bridgehead atoms. The smallest absolute Gasteiger partial charge is 0.664 e. The molecule has 1 fully saturated rings. The Morgan fingerprint density at radius 3 is 1.60 bits per heavy atom. The Kier molecular flexibility index (Phi) is 18.6. The number of allylic oxidation sites excluding steroid dienone is 6. The molecule has 5 heterocycles. The quantitative estimate of drug-likeness (QED) is 0.0542. The normalized spacial score (nSPS) is 35.0. The summed E-state index contributed by atoms with van der Waals surface area (Å²) in [6, 6.07) is -1.16. The van der Waals surface area contributed by atoms with Crippen molar-refractivity contribution in [3.8, 4) is 0 Å². The molecule has 0 aromatic heterocycles. The molecule has 7 N–H and O–H groups in total. The van der Waals surface area contributed by atoms with Gasteiger partial charge in [-0.3, -0.25) is 48.5 Å². The van der Waals surface area contributed by atoms with Gasteiger partial charge in [0.15, 0.2) is 0 Å². The molecule has 5 aliphatic rings. The molecule has 0 spiro atoms. The summed E-state index contributed by atoms with van der Waals surface area (Å²) < 4.78 is 0. The molecule has 21 heteroatoms. The van der Waals surface area contributed by atoms with Gasteiger partial charge in [0, 0.05) is 82.5 Å². The Morgan fingerprint density at radius 2 is 1.13 bits per heavy atom. The van der Waals surface area contributed by atoms with Crippen LogP contribution in [0.1, 0.15) is 126 Å². The molecule has 5 aliphatic heterocycles. The van der Waals surface area contributed by atoms with Crippen LogP contribution in [0, 0.1) is 69.0 Å². The Morgan fingerprint density at radius 1 is 0.647 bits per heavy atom. The van der Waals surface area contributed by atoms with E-state index in [0.29, 0.717) is 34.0 Å². The summed E-state index contributed by atoms with van der Waals surface area (Å²) in [5, 5.41) is 89.2. The van der Waals surface area contributed by atoms with Gasteiger partial charge in [0.25, 0.3) is 0 Å². The summed E-state index contributed by atoms with van der Waals surface area (Å²) in [5.41, 5.74) is -4.11. The van der Waals surface area contributed by atoms with Crippen molar-refractivity contribution in [2.75, 3.05) is 0 Å². The van der Waals surface area contributed by atoms with Crippen LogP contribution in [-0.4, -0.2) is 106 Å². The van der Waals surface area contributed by atoms with E-state index in [-0.39, 0.29) is 66.7 Å². The van der Waals surface area contributed by atoms with Gasteiger partial charge in [0.2, 0.25) is 0 Å². The van der Waals surface area contributed by atoms with Crippen molar-refractivity contribution in [1.82, 2.24) is 0 Å². The van der Waals surface area contributed by atoms with E-state index in [0.717, 1.165) is 0 Å². The van der Waals surface area contributed by atoms with Crippen molar-refractivity contribution >= 4 is 58.9 Å². The number of rotatable bonds is 18. The van der Waals surface area contributed by atoms with Crippen LogP contribution in [0.5, 0.6) is 0 Å². The van der Waals surface area contributed by atoms with Gasteiger partial charge in [0.1, 0.15) is 0 Å². The van der Waals surface area contributed by atoms with E-state index in [9.17, 15) is 69.3 Å². The predicted molar refractivity (Wildman–Crippen MR) is 238 cm³/mol. The SMILES string of the molecule is C[C@]1([13CH3])C2=N/C(=C(/[13CH3])C3=N[C@H]([C@H](CC(=O)O)[C@@]3([13CH3])CCC(=O)O)[C@]3([13CH3])N=C(/C([13CH3])=C4\[N-]/C(=C\2)[C@@H](CCC(=O)O)[C@]4(C)CC(=O)O)[C@@H](CCC(=O)O)[C@]3(C)CC(=O)O)[C@H]1CCC(=O)O.[60Co+3].[C-]#N.[C-]#N. The number of hydrogen-bond donors (Lipinski definition) is 7. The fourth-order valence-electron chi connectivity index (χ4n) is 11.6. The van der Waals surface area contributed by atoms with Crippen molar-refractivity contribution in [3.63, 3.8) is 0 Å². The summed E-state index contributed by atoms with van der Waals surface area (Å²) >= 11 is 0. The molecule has 0 radical (unpaired) electrons. The first-order valence-corrected chi connectivity index (χ1v) is 21.7. The number of fused-ring (bicyclic) bond motifs is 6. The molecule has 1 saturated heterocycles. The molecule has 370 valence electrons. The average Bonchev–Trinajstić information content (AvgIpc) is 3.83. The Labute approximate surface area is 404 Å². The molecular weight excluding hydrogens is 937 g/mol. The monoisotopic (exact) mass is 996 g/mol. The maximum atomic E-state index is 13.1. The van der Waals surface area contributed by atoms with E-state index in [4.69, 9.17) is 44.0 Å². The molecule has 0 amide bonds. The van der Waals surface area contributed by atoms with Crippen molar-refractivity contribution in [3.05, 3.63) is 52.8 Å². The van der Waals surface area contributed by atoms with E-state index in [1.54, 1.807) is 47.6 Å². The van der Waals surface area contributed by atoms with Gasteiger partial charge in [-0.25, -0.2) is 0 Å². The standard InChI is InChI=1S/C45H60N4O14.2CN.Co/c1-21-36-24(10-13-30(52)53)41(3,4)28(47-36)18-27-23(9-12-29(50)51)43(6,19-34(60)61)39(46-27)22(2)37-25(11-14-31(54)55)44(7,20-35(62)63)45(8,49-37)40-26(17-33(58)59)42(5,38(21)48-40)16-15-32(56)57;2*1-2;/h18,23-26,40H,9-17,19-20H2,1-8H3,(H8,46,47,48,49,50,51,52,53,54,55,56,57,58,59,60,61,62,63);;;/q;2*-1;+3/p-1/t23-,24-,25-,26+,40-,42-,43+,44+,45+;;;/m1.../s1/i1+1,2+1,3+1,5+1,8+1;;;1+1/t23-,24-,25-,26+,40-,41+,42-,43+,44+,45+;;;. The van der Waals surface area contributed by atoms with Crippen LogP contribution >= 0.6 is 0 Å². The van der Waals surface area contributed by atoms with E-state index < -0.39 is 131 Å². The molecule has 0 aliphatic carbocycles. The summed E-state index contributed by atoms with van der Waals surface area (Å²) in [4.78, 5) is 104. The molecule has 20 nitrogen and oxygen atoms in total. The number of nitrogens with zero attached hydrogens (tertiary/aromatic N) is 6. The zero-order chi connectivity index (χ0) is 51.4. The Balaban J connectivity index is 0.00000309. The van der Waals surface area contributed by atoms with Crippen LogP contribution in [0.3, 0.4) is 0 Å². The molecule has 5 rings (SSSR count). The second-order valence-corrected chi connectivity index (χ2v) is 19.4. The maximum Gasteiger partial charge on any atom is 3.00 e.